The quantitative estimate of drug-likeness (QED) is 0.912. The summed E-state index contributed by atoms with van der Waals surface area (Å²) in [5.74, 6) is 0.0173. The van der Waals surface area contributed by atoms with E-state index in [0.29, 0.717) is 26.2 Å². The monoisotopic (exact) mass is 317 g/mol. The van der Waals surface area contributed by atoms with Crippen molar-refractivity contribution >= 4 is 33.2 Å². The number of rotatable bonds is 2. The molecule has 3 rings (SSSR count). The van der Waals surface area contributed by atoms with Crippen molar-refractivity contribution < 1.29 is 9.59 Å². The molecule has 0 spiro atoms. The first kappa shape index (κ1) is 15.0. The Balaban J connectivity index is 1.77. The maximum absolute atomic E-state index is 12.7. The van der Waals surface area contributed by atoms with E-state index in [9.17, 15) is 9.59 Å². The van der Waals surface area contributed by atoms with Crippen molar-refractivity contribution in [2.24, 2.45) is 5.73 Å². The van der Waals surface area contributed by atoms with E-state index >= 15 is 0 Å². The Bertz CT molecular complexity index is 717. The summed E-state index contributed by atoms with van der Waals surface area (Å²) >= 11 is 1.55. The van der Waals surface area contributed by atoms with Crippen LogP contribution in [-0.2, 0) is 4.79 Å². The zero-order valence-corrected chi connectivity index (χ0v) is 13.4. The normalized spacial score (nSPS) is 15.4. The minimum atomic E-state index is -0.0508. The number of hydrogen-bond acceptors (Lipinski definition) is 4. The molecule has 1 aromatic heterocycles. The first-order valence-corrected chi connectivity index (χ1v) is 8.18. The minimum Gasteiger partial charge on any atom is -0.338 e. The Kier molecular flexibility index (Phi) is 4.13. The van der Waals surface area contributed by atoms with Gasteiger partial charge in [-0.15, -0.1) is 11.3 Å². The lowest BCUT2D eigenvalue weighted by molar-refractivity contribution is -0.131. The molecule has 5 nitrogen and oxygen atoms in total. The third kappa shape index (κ3) is 2.60. The number of aryl methyl sites for hydroxylation is 1. The van der Waals surface area contributed by atoms with Crippen LogP contribution in [0, 0.1) is 6.92 Å². The van der Waals surface area contributed by atoms with Gasteiger partial charge in [-0.2, -0.15) is 0 Å². The van der Waals surface area contributed by atoms with Gasteiger partial charge in [0.05, 0.1) is 11.4 Å². The van der Waals surface area contributed by atoms with Crippen LogP contribution in [0.15, 0.2) is 24.3 Å². The van der Waals surface area contributed by atoms with Crippen molar-refractivity contribution in [3.63, 3.8) is 0 Å². The van der Waals surface area contributed by atoms with E-state index in [-0.39, 0.29) is 18.4 Å². The number of thiophene rings is 1. The topological polar surface area (TPSA) is 66.6 Å². The highest BCUT2D eigenvalue weighted by molar-refractivity contribution is 7.21. The van der Waals surface area contributed by atoms with E-state index < -0.39 is 0 Å². The summed E-state index contributed by atoms with van der Waals surface area (Å²) in [5.41, 5.74) is 6.43. The van der Waals surface area contributed by atoms with Gasteiger partial charge < -0.3 is 15.5 Å². The summed E-state index contributed by atoms with van der Waals surface area (Å²) in [6.07, 6.45) is 0. The van der Waals surface area contributed by atoms with Gasteiger partial charge in [-0.25, -0.2) is 0 Å². The first-order valence-electron chi connectivity index (χ1n) is 7.37. The number of hydrogen-bond donors (Lipinski definition) is 1. The summed E-state index contributed by atoms with van der Waals surface area (Å²) < 4.78 is 1.14. The zero-order chi connectivity index (χ0) is 15.7. The van der Waals surface area contributed by atoms with Crippen LogP contribution in [-0.4, -0.2) is 54.3 Å². The number of amides is 2. The highest BCUT2D eigenvalue weighted by Gasteiger charge is 2.26. The highest BCUT2D eigenvalue weighted by atomic mass is 32.1. The predicted molar refractivity (Wildman–Crippen MR) is 88.1 cm³/mol. The molecule has 116 valence electrons. The van der Waals surface area contributed by atoms with E-state index in [1.54, 1.807) is 16.2 Å². The third-order valence-corrected chi connectivity index (χ3v) is 5.39. The van der Waals surface area contributed by atoms with E-state index in [4.69, 9.17) is 5.73 Å². The summed E-state index contributed by atoms with van der Waals surface area (Å²) in [6, 6.07) is 8.08. The molecule has 2 heterocycles. The Morgan fingerprint density at radius 1 is 1.14 bits per heavy atom. The van der Waals surface area contributed by atoms with Crippen molar-refractivity contribution in [1.82, 2.24) is 9.80 Å². The molecule has 0 saturated carbocycles. The van der Waals surface area contributed by atoms with Gasteiger partial charge >= 0.3 is 0 Å². The standard InChI is InChI=1S/C16H19N3O2S/c1-11-12-4-2-3-5-13(12)22-15(11)16(21)19-8-6-18(7-9-19)14(20)10-17/h2-5H,6-10,17H2,1H3. The van der Waals surface area contributed by atoms with E-state index in [1.165, 1.54) is 0 Å². The van der Waals surface area contributed by atoms with Crippen molar-refractivity contribution in [2.45, 2.75) is 6.92 Å². The number of benzene rings is 1. The summed E-state index contributed by atoms with van der Waals surface area (Å²) in [7, 11) is 0. The van der Waals surface area contributed by atoms with Crippen LogP contribution < -0.4 is 5.73 Å². The molecular formula is C16H19N3O2S. The Morgan fingerprint density at radius 2 is 1.77 bits per heavy atom. The van der Waals surface area contributed by atoms with Crippen LogP contribution in [0.3, 0.4) is 0 Å². The van der Waals surface area contributed by atoms with Crippen LogP contribution in [0.25, 0.3) is 10.1 Å². The molecule has 0 unspecified atom stereocenters. The fourth-order valence-electron chi connectivity index (χ4n) is 2.81. The van der Waals surface area contributed by atoms with Crippen molar-refractivity contribution in [3.8, 4) is 0 Å². The van der Waals surface area contributed by atoms with Gasteiger partial charge in [0, 0.05) is 30.9 Å². The van der Waals surface area contributed by atoms with Crippen LogP contribution >= 0.6 is 11.3 Å². The molecule has 0 aliphatic carbocycles. The number of fused-ring (bicyclic) bond motifs is 1. The van der Waals surface area contributed by atoms with Crippen LogP contribution in [0.2, 0.25) is 0 Å². The fraction of sp³-hybridized carbons (Fsp3) is 0.375. The fourth-order valence-corrected chi connectivity index (χ4v) is 3.99. The van der Waals surface area contributed by atoms with E-state index in [1.807, 2.05) is 30.0 Å². The SMILES string of the molecule is Cc1c(C(=O)N2CCN(C(=O)CN)CC2)sc2ccccc12. The molecule has 1 aliphatic rings. The molecule has 22 heavy (non-hydrogen) atoms. The van der Waals surface area contributed by atoms with Crippen LogP contribution in [0.5, 0.6) is 0 Å². The van der Waals surface area contributed by atoms with Crippen LogP contribution in [0.4, 0.5) is 0 Å². The van der Waals surface area contributed by atoms with E-state index in [0.717, 1.165) is 20.5 Å². The molecule has 1 fully saturated rings. The van der Waals surface area contributed by atoms with Gasteiger partial charge in [0.25, 0.3) is 5.91 Å². The number of carbonyl (C=O) groups excluding carboxylic acids is 2. The molecular weight excluding hydrogens is 298 g/mol. The molecule has 2 N–H and O–H groups in total. The Morgan fingerprint density at radius 3 is 2.41 bits per heavy atom. The van der Waals surface area contributed by atoms with Crippen LogP contribution in [0.1, 0.15) is 15.2 Å². The second-order valence-corrected chi connectivity index (χ2v) is 6.48. The second kappa shape index (κ2) is 6.06. The van der Waals surface area contributed by atoms with Gasteiger partial charge in [0.1, 0.15) is 0 Å². The van der Waals surface area contributed by atoms with Gasteiger partial charge in [0.2, 0.25) is 5.91 Å². The molecule has 1 aliphatic heterocycles. The first-order chi connectivity index (χ1) is 10.6. The Hall–Kier alpha value is -1.92. The average molecular weight is 317 g/mol. The highest BCUT2D eigenvalue weighted by Crippen LogP contribution is 2.31. The lowest BCUT2D eigenvalue weighted by Gasteiger charge is -2.34. The number of nitrogens with zero attached hydrogens (tertiary/aromatic N) is 2. The molecule has 0 radical (unpaired) electrons. The number of nitrogens with two attached hydrogens (primary N) is 1. The minimum absolute atomic E-state index is 0.0311. The van der Waals surface area contributed by atoms with Gasteiger partial charge in [-0.3, -0.25) is 9.59 Å². The molecule has 0 bridgehead atoms. The molecule has 0 atom stereocenters. The Labute approximate surface area is 133 Å². The summed E-state index contributed by atoms with van der Waals surface area (Å²) in [5, 5.41) is 1.15. The largest absolute Gasteiger partial charge is 0.338 e. The lowest BCUT2D eigenvalue weighted by Crippen LogP contribution is -2.51. The molecule has 2 aromatic rings. The molecule has 2 amide bonds. The van der Waals surface area contributed by atoms with Crippen molar-refractivity contribution in [1.29, 1.82) is 0 Å². The smallest absolute Gasteiger partial charge is 0.264 e. The summed E-state index contributed by atoms with van der Waals surface area (Å²) in [6.45, 7) is 4.29. The second-order valence-electron chi connectivity index (χ2n) is 5.43. The molecule has 1 aromatic carbocycles. The predicted octanol–water partition coefficient (Wildman–Crippen LogP) is 1.45. The summed E-state index contributed by atoms with van der Waals surface area (Å²) in [4.78, 5) is 28.7. The average Bonchev–Trinajstić information content (AvgIpc) is 2.91. The number of piperazine rings is 1. The molecule has 1 saturated heterocycles. The van der Waals surface area contributed by atoms with Crippen molar-refractivity contribution in [3.05, 3.63) is 34.7 Å². The zero-order valence-electron chi connectivity index (χ0n) is 12.5. The third-order valence-electron chi connectivity index (χ3n) is 4.13. The maximum atomic E-state index is 12.7. The van der Waals surface area contributed by atoms with Gasteiger partial charge in [-0.1, -0.05) is 18.2 Å². The maximum Gasteiger partial charge on any atom is 0.264 e. The van der Waals surface area contributed by atoms with Gasteiger partial charge in [-0.05, 0) is 23.9 Å². The van der Waals surface area contributed by atoms with Crippen molar-refractivity contribution in [2.75, 3.05) is 32.7 Å². The lowest BCUT2D eigenvalue weighted by atomic mass is 10.1. The number of carbonyl (C=O) groups is 2. The molecule has 6 heteroatoms. The van der Waals surface area contributed by atoms with E-state index in [2.05, 4.69) is 6.07 Å². The van der Waals surface area contributed by atoms with Gasteiger partial charge in [0.15, 0.2) is 0 Å².